The lowest BCUT2D eigenvalue weighted by molar-refractivity contribution is -0.138. The van der Waals surface area contributed by atoms with Gasteiger partial charge in [0.1, 0.15) is 0 Å². The van der Waals surface area contributed by atoms with E-state index in [1.165, 1.54) is 6.07 Å². The van der Waals surface area contributed by atoms with Crippen molar-refractivity contribution in [3.05, 3.63) is 35.4 Å². The molecule has 0 aliphatic carbocycles. The SMILES string of the molecule is O=S(=O)(OCCc1ccccc1C(F)(F)F)C(F)(F)F. The van der Waals surface area contributed by atoms with Crippen molar-refractivity contribution in [3.8, 4) is 0 Å². The first-order valence-corrected chi connectivity index (χ1v) is 6.47. The lowest BCUT2D eigenvalue weighted by atomic mass is 10.0. The molecule has 0 amide bonds. The fourth-order valence-corrected chi connectivity index (χ4v) is 1.78. The summed E-state index contributed by atoms with van der Waals surface area (Å²) in [6.45, 7) is -1.03. The number of benzene rings is 1. The van der Waals surface area contributed by atoms with Crippen molar-refractivity contribution in [2.45, 2.75) is 18.1 Å². The number of hydrogen-bond acceptors (Lipinski definition) is 3. The van der Waals surface area contributed by atoms with Crippen LogP contribution in [0.25, 0.3) is 0 Å². The summed E-state index contributed by atoms with van der Waals surface area (Å²) in [6, 6.07) is 4.14. The van der Waals surface area contributed by atoms with Crippen molar-refractivity contribution in [3.63, 3.8) is 0 Å². The van der Waals surface area contributed by atoms with Crippen LogP contribution in [0, 0.1) is 0 Å². The van der Waals surface area contributed by atoms with Gasteiger partial charge in [0.25, 0.3) is 0 Å². The van der Waals surface area contributed by atoms with Crippen LogP contribution in [0.3, 0.4) is 0 Å². The summed E-state index contributed by atoms with van der Waals surface area (Å²) in [6.07, 6.45) is -5.30. The summed E-state index contributed by atoms with van der Waals surface area (Å²) < 4.78 is 98.2. The molecular weight excluding hydrogens is 314 g/mol. The van der Waals surface area contributed by atoms with Gasteiger partial charge in [-0.05, 0) is 18.1 Å². The topological polar surface area (TPSA) is 43.4 Å². The predicted octanol–water partition coefficient (Wildman–Crippen LogP) is 3.11. The molecule has 10 heteroatoms. The third-order valence-corrected chi connectivity index (χ3v) is 3.26. The zero-order valence-corrected chi connectivity index (χ0v) is 10.4. The van der Waals surface area contributed by atoms with E-state index in [0.717, 1.165) is 18.2 Å². The minimum Gasteiger partial charge on any atom is -0.263 e. The van der Waals surface area contributed by atoms with E-state index in [-0.39, 0.29) is 5.56 Å². The molecule has 0 radical (unpaired) electrons. The Morgan fingerprint density at radius 1 is 1.00 bits per heavy atom. The van der Waals surface area contributed by atoms with E-state index in [2.05, 4.69) is 4.18 Å². The minimum atomic E-state index is -5.80. The second kappa shape index (κ2) is 5.60. The van der Waals surface area contributed by atoms with Gasteiger partial charge in [0.15, 0.2) is 0 Å². The summed E-state index contributed by atoms with van der Waals surface area (Å²) in [5, 5.41) is 0. The summed E-state index contributed by atoms with van der Waals surface area (Å²) in [5.41, 5.74) is -7.00. The maximum Gasteiger partial charge on any atom is 0.523 e. The van der Waals surface area contributed by atoms with Crippen molar-refractivity contribution in [1.82, 2.24) is 0 Å². The Kier molecular flexibility index (Phi) is 4.70. The largest absolute Gasteiger partial charge is 0.523 e. The van der Waals surface area contributed by atoms with Gasteiger partial charge in [0, 0.05) is 0 Å². The van der Waals surface area contributed by atoms with Crippen molar-refractivity contribution in [2.75, 3.05) is 6.61 Å². The number of hydrogen-bond donors (Lipinski definition) is 0. The van der Waals surface area contributed by atoms with Crippen LogP contribution >= 0.6 is 0 Å². The highest BCUT2D eigenvalue weighted by Gasteiger charge is 2.47. The lowest BCUT2D eigenvalue weighted by Gasteiger charge is -2.13. The standard InChI is InChI=1S/C10H8F6O3S/c11-9(12,13)8-4-2-1-3-7(8)5-6-19-20(17,18)10(14,15)16/h1-4H,5-6H2. The fourth-order valence-electron chi connectivity index (χ4n) is 1.34. The smallest absolute Gasteiger partial charge is 0.263 e. The van der Waals surface area contributed by atoms with Gasteiger partial charge in [-0.1, -0.05) is 18.2 Å². The Labute approximate surface area is 110 Å². The maximum atomic E-state index is 12.6. The van der Waals surface area contributed by atoms with Gasteiger partial charge in [-0.2, -0.15) is 34.8 Å². The van der Waals surface area contributed by atoms with Crippen LogP contribution in [0.4, 0.5) is 26.3 Å². The van der Waals surface area contributed by atoms with Gasteiger partial charge in [0.2, 0.25) is 0 Å². The number of rotatable bonds is 4. The van der Waals surface area contributed by atoms with Crippen molar-refractivity contribution in [1.29, 1.82) is 0 Å². The molecular formula is C10H8F6O3S. The van der Waals surface area contributed by atoms with E-state index in [4.69, 9.17) is 0 Å². The van der Waals surface area contributed by atoms with Crippen LogP contribution in [0.2, 0.25) is 0 Å². The van der Waals surface area contributed by atoms with Crippen LogP contribution in [-0.4, -0.2) is 20.5 Å². The Bertz CT molecular complexity index is 561. The van der Waals surface area contributed by atoms with E-state index < -0.39 is 40.4 Å². The summed E-state index contributed by atoms with van der Waals surface area (Å²) in [7, 11) is -5.80. The Morgan fingerprint density at radius 2 is 1.55 bits per heavy atom. The molecule has 1 rings (SSSR count). The molecule has 0 bridgehead atoms. The van der Waals surface area contributed by atoms with Crippen LogP contribution in [0.5, 0.6) is 0 Å². The summed E-state index contributed by atoms with van der Waals surface area (Å²) >= 11 is 0. The summed E-state index contributed by atoms with van der Waals surface area (Å²) in [5.74, 6) is 0. The third-order valence-electron chi connectivity index (χ3n) is 2.22. The average Bonchev–Trinajstić information content (AvgIpc) is 2.26. The van der Waals surface area contributed by atoms with Gasteiger partial charge in [0.05, 0.1) is 12.2 Å². The molecule has 3 nitrogen and oxygen atoms in total. The van der Waals surface area contributed by atoms with Crippen LogP contribution in [0.1, 0.15) is 11.1 Å². The van der Waals surface area contributed by atoms with Crippen LogP contribution in [-0.2, 0) is 26.9 Å². The Morgan fingerprint density at radius 3 is 2.05 bits per heavy atom. The molecule has 0 spiro atoms. The van der Waals surface area contributed by atoms with Gasteiger partial charge in [-0.15, -0.1) is 0 Å². The molecule has 1 aromatic rings. The molecule has 20 heavy (non-hydrogen) atoms. The highest BCUT2D eigenvalue weighted by atomic mass is 32.2. The lowest BCUT2D eigenvalue weighted by Crippen LogP contribution is -2.26. The zero-order valence-electron chi connectivity index (χ0n) is 9.62. The van der Waals surface area contributed by atoms with Gasteiger partial charge in [-0.25, -0.2) is 0 Å². The molecule has 0 saturated carbocycles. The van der Waals surface area contributed by atoms with Crippen molar-refractivity contribution in [2.24, 2.45) is 0 Å². The molecule has 0 aliphatic heterocycles. The molecule has 0 N–H and O–H groups in total. The predicted molar refractivity (Wildman–Crippen MR) is 56.1 cm³/mol. The van der Waals surface area contributed by atoms with Crippen molar-refractivity contribution < 1.29 is 38.9 Å². The Hall–Kier alpha value is -1.29. The quantitative estimate of drug-likeness (QED) is 0.486. The normalized spacial score (nSPS) is 13.5. The number of halogens is 6. The zero-order chi connectivity index (χ0) is 15.6. The number of alkyl halides is 6. The molecule has 0 atom stereocenters. The molecule has 1 aromatic carbocycles. The molecule has 0 fully saturated rings. The highest BCUT2D eigenvalue weighted by Crippen LogP contribution is 2.32. The fraction of sp³-hybridized carbons (Fsp3) is 0.400. The maximum absolute atomic E-state index is 12.6. The average molecular weight is 322 g/mol. The van der Waals surface area contributed by atoms with E-state index >= 15 is 0 Å². The van der Waals surface area contributed by atoms with E-state index in [0.29, 0.717) is 0 Å². The van der Waals surface area contributed by atoms with Gasteiger partial charge >= 0.3 is 21.8 Å². The van der Waals surface area contributed by atoms with Crippen LogP contribution < -0.4 is 0 Å². The van der Waals surface area contributed by atoms with Crippen LogP contribution in [0.15, 0.2) is 24.3 Å². The first-order valence-electron chi connectivity index (χ1n) is 5.06. The molecule has 0 saturated heterocycles. The first kappa shape index (κ1) is 16.8. The monoisotopic (exact) mass is 322 g/mol. The third kappa shape index (κ3) is 4.10. The molecule has 0 heterocycles. The second-order valence-corrected chi connectivity index (χ2v) is 5.23. The molecule has 0 unspecified atom stereocenters. The van der Waals surface area contributed by atoms with E-state index in [1.54, 1.807) is 0 Å². The molecule has 114 valence electrons. The molecule has 0 aliphatic rings. The Balaban J connectivity index is 2.78. The van der Waals surface area contributed by atoms with Gasteiger partial charge < -0.3 is 0 Å². The second-order valence-electron chi connectivity index (χ2n) is 3.63. The van der Waals surface area contributed by atoms with E-state index in [1.807, 2.05) is 0 Å². The molecule has 0 aromatic heterocycles. The summed E-state index contributed by atoms with van der Waals surface area (Å²) in [4.78, 5) is 0. The minimum absolute atomic E-state index is 0.350. The van der Waals surface area contributed by atoms with E-state index in [9.17, 15) is 34.8 Å². The highest BCUT2D eigenvalue weighted by molar-refractivity contribution is 7.87. The van der Waals surface area contributed by atoms with Crippen molar-refractivity contribution >= 4 is 10.1 Å². The van der Waals surface area contributed by atoms with Gasteiger partial charge in [-0.3, -0.25) is 4.18 Å². The first-order chi connectivity index (χ1) is 8.95.